The van der Waals surface area contributed by atoms with E-state index in [2.05, 4.69) is 13.8 Å². The summed E-state index contributed by atoms with van der Waals surface area (Å²) in [6, 6.07) is -0.532. The molecule has 2 unspecified atom stereocenters. The fraction of sp³-hybridized carbons (Fsp3) is 0.929. The summed E-state index contributed by atoms with van der Waals surface area (Å²) in [6.45, 7) is 10.3. The van der Waals surface area contributed by atoms with E-state index < -0.39 is 6.04 Å². The molecule has 17 heavy (non-hydrogen) atoms. The van der Waals surface area contributed by atoms with Gasteiger partial charge in [-0.3, -0.25) is 4.79 Å². The minimum atomic E-state index is -0.532. The van der Waals surface area contributed by atoms with Crippen LogP contribution in [0.15, 0.2) is 0 Å². The van der Waals surface area contributed by atoms with Gasteiger partial charge in [-0.25, -0.2) is 0 Å². The molecule has 0 aromatic rings. The average Bonchev–Trinajstić information content (AvgIpc) is 2.13. The molecule has 0 aromatic heterocycles. The van der Waals surface area contributed by atoms with Crippen molar-refractivity contribution in [2.24, 2.45) is 23.0 Å². The molecule has 3 atom stereocenters. The minimum Gasteiger partial charge on any atom is -0.461 e. The molecular weight excluding hydrogens is 214 g/mol. The van der Waals surface area contributed by atoms with Gasteiger partial charge in [0.25, 0.3) is 0 Å². The maximum absolute atomic E-state index is 11.9. The maximum Gasteiger partial charge on any atom is 0.323 e. The Labute approximate surface area is 105 Å². The molecule has 0 aliphatic heterocycles. The van der Waals surface area contributed by atoms with Gasteiger partial charge in [0.1, 0.15) is 12.1 Å². The lowest BCUT2D eigenvalue weighted by molar-refractivity contribution is -0.156. The first kappa shape index (κ1) is 14.5. The van der Waals surface area contributed by atoms with Crippen molar-refractivity contribution in [2.45, 2.75) is 66.0 Å². The van der Waals surface area contributed by atoms with Gasteiger partial charge in [0.15, 0.2) is 0 Å². The van der Waals surface area contributed by atoms with Crippen LogP contribution < -0.4 is 5.73 Å². The molecule has 0 aromatic carbocycles. The minimum absolute atomic E-state index is 0.0645. The number of hydrogen-bond acceptors (Lipinski definition) is 3. The lowest BCUT2D eigenvalue weighted by atomic mass is 9.81. The van der Waals surface area contributed by atoms with Crippen LogP contribution >= 0.6 is 0 Å². The van der Waals surface area contributed by atoms with Crippen molar-refractivity contribution in [1.82, 2.24) is 0 Å². The average molecular weight is 241 g/mol. The van der Waals surface area contributed by atoms with Gasteiger partial charge in [0.2, 0.25) is 0 Å². The molecule has 1 fully saturated rings. The van der Waals surface area contributed by atoms with Gasteiger partial charge in [-0.1, -0.05) is 34.6 Å². The zero-order chi connectivity index (χ0) is 13.2. The van der Waals surface area contributed by atoms with Gasteiger partial charge in [-0.15, -0.1) is 0 Å². The van der Waals surface area contributed by atoms with Gasteiger partial charge < -0.3 is 10.5 Å². The summed E-state index contributed by atoms with van der Waals surface area (Å²) < 4.78 is 5.56. The summed E-state index contributed by atoms with van der Waals surface area (Å²) in [6.07, 6.45) is 3.26. The van der Waals surface area contributed by atoms with Crippen molar-refractivity contribution in [2.75, 3.05) is 0 Å². The second kappa shape index (κ2) is 5.38. The third-order valence-electron chi connectivity index (χ3n) is 3.61. The van der Waals surface area contributed by atoms with Crippen LogP contribution in [-0.2, 0) is 9.53 Å². The molecule has 0 radical (unpaired) electrons. The van der Waals surface area contributed by atoms with Crippen LogP contribution in [0.1, 0.15) is 53.9 Å². The molecule has 1 rings (SSSR count). The van der Waals surface area contributed by atoms with E-state index in [9.17, 15) is 4.79 Å². The summed E-state index contributed by atoms with van der Waals surface area (Å²) in [4.78, 5) is 11.9. The van der Waals surface area contributed by atoms with Crippen LogP contribution in [0, 0.1) is 17.3 Å². The zero-order valence-electron chi connectivity index (χ0n) is 11.8. The molecule has 0 amide bonds. The zero-order valence-corrected chi connectivity index (χ0v) is 11.8. The molecular formula is C14H27NO2. The highest BCUT2D eigenvalue weighted by Crippen LogP contribution is 2.31. The number of carbonyl (C=O) groups excluding carboxylic acids is 1. The van der Waals surface area contributed by atoms with Gasteiger partial charge in [-0.05, 0) is 36.5 Å². The van der Waals surface area contributed by atoms with Crippen LogP contribution in [0.2, 0.25) is 0 Å². The van der Waals surface area contributed by atoms with Crippen molar-refractivity contribution < 1.29 is 9.53 Å². The normalized spacial score (nSPS) is 32.0. The third kappa shape index (κ3) is 4.30. The molecule has 3 nitrogen and oxygen atoms in total. The number of ether oxygens (including phenoxy) is 1. The molecule has 1 saturated carbocycles. The Bertz CT molecular complexity index is 260. The predicted octanol–water partition coefficient (Wildman–Crippen LogP) is 2.73. The van der Waals surface area contributed by atoms with E-state index >= 15 is 0 Å². The van der Waals surface area contributed by atoms with E-state index in [0.717, 1.165) is 12.8 Å². The summed E-state index contributed by atoms with van der Waals surface area (Å²) in [5.74, 6) is 1.04. The van der Waals surface area contributed by atoms with Crippen molar-refractivity contribution >= 4 is 5.97 Å². The molecule has 3 heteroatoms. The quantitative estimate of drug-likeness (QED) is 0.756. The largest absolute Gasteiger partial charge is 0.461 e. The van der Waals surface area contributed by atoms with Crippen LogP contribution in [0.3, 0.4) is 0 Å². The van der Waals surface area contributed by atoms with Crippen LogP contribution in [-0.4, -0.2) is 18.1 Å². The van der Waals surface area contributed by atoms with Gasteiger partial charge in [0, 0.05) is 0 Å². The smallest absolute Gasteiger partial charge is 0.323 e. The molecule has 0 bridgehead atoms. The van der Waals surface area contributed by atoms with Crippen molar-refractivity contribution in [3.8, 4) is 0 Å². The lowest BCUT2D eigenvalue weighted by Gasteiger charge is -2.33. The number of carbonyl (C=O) groups is 1. The first-order valence-corrected chi connectivity index (χ1v) is 6.66. The molecule has 100 valence electrons. The van der Waals surface area contributed by atoms with Crippen molar-refractivity contribution in [3.05, 3.63) is 0 Å². The van der Waals surface area contributed by atoms with Gasteiger partial charge in [-0.2, -0.15) is 0 Å². The summed E-state index contributed by atoms with van der Waals surface area (Å²) in [5.41, 5.74) is 5.67. The Morgan fingerprint density at radius 1 is 1.18 bits per heavy atom. The van der Waals surface area contributed by atoms with E-state index in [1.807, 2.05) is 20.8 Å². The highest BCUT2D eigenvalue weighted by atomic mass is 16.5. The Kier molecular flexibility index (Phi) is 4.59. The summed E-state index contributed by atoms with van der Waals surface area (Å²) >= 11 is 0. The third-order valence-corrected chi connectivity index (χ3v) is 3.61. The predicted molar refractivity (Wildman–Crippen MR) is 69.5 cm³/mol. The monoisotopic (exact) mass is 241 g/mol. The van der Waals surface area contributed by atoms with E-state index in [-0.39, 0.29) is 17.5 Å². The summed E-state index contributed by atoms with van der Waals surface area (Å²) in [5, 5.41) is 0. The molecule has 1 aliphatic carbocycles. The topological polar surface area (TPSA) is 52.3 Å². The Balaban J connectivity index is 2.51. The molecule has 0 spiro atoms. The van der Waals surface area contributed by atoms with E-state index in [1.54, 1.807) is 0 Å². The highest BCUT2D eigenvalue weighted by Gasteiger charge is 2.32. The first-order valence-electron chi connectivity index (χ1n) is 6.66. The number of esters is 1. The SMILES string of the molecule is CC1CC(C)CC(OC(=O)[C@H](N)C(C)(C)C)C1. The van der Waals surface area contributed by atoms with Crippen LogP contribution in [0.5, 0.6) is 0 Å². The number of hydrogen-bond donors (Lipinski definition) is 1. The fourth-order valence-electron chi connectivity index (χ4n) is 2.56. The first-order chi connectivity index (χ1) is 7.70. The van der Waals surface area contributed by atoms with Crippen LogP contribution in [0.4, 0.5) is 0 Å². The molecule has 1 aliphatic rings. The number of rotatable bonds is 2. The fourth-order valence-corrected chi connectivity index (χ4v) is 2.56. The Morgan fingerprint density at radius 3 is 2.06 bits per heavy atom. The van der Waals surface area contributed by atoms with Gasteiger partial charge in [0.05, 0.1) is 0 Å². The van der Waals surface area contributed by atoms with E-state index in [0.29, 0.717) is 11.8 Å². The Hall–Kier alpha value is -0.570. The highest BCUT2D eigenvalue weighted by molar-refractivity contribution is 5.76. The number of nitrogens with two attached hydrogens (primary N) is 1. The second-order valence-corrected chi connectivity index (χ2v) is 6.82. The second-order valence-electron chi connectivity index (χ2n) is 6.82. The lowest BCUT2D eigenvalue weighted by Crippen LogP contribution is -2.45. The summed E-state index contributed by atoms with van der Waals surface area (Å²) in [7, 11) is 0. The van der Waals surface area contributed by atoms with Gasteiger partial charge >= 0.3 is 5.97 Å². The van der Waals surface area contributed by atoms with Crippen LogP contribution in [0.25, 0.3) is 0 Å². The maximum atomic E-state index is 11.9. The standard InChI is InChI=1S/C14H27NO2/c1-9-6-10(2)8-11(7-9)17-13(16)12(15)14(3,4)5/h9-12H,6-8,15H2,1-5H3/t9?,10?,11?,12-/m0/s1. The molecule has 0 saturated heterocycles. The molecule has 2 N–H and O–H groups in total. The molecule has 0 heterocycles. The van der Waals surface area contributed by atoms with Crippen molar-refractivity contribution in [3.63, 3.8) is 0 Å². The van der Waals surface area contributed by atoms with E-state index in [4.69, 9.17) is 10.5 Å². The van der Waals surface area contributed by atoms with E-state index in [1.165, 1.54) is 6.42 Å². The Morgan fingerprint density at radius 2 is 1.65 bits per heavy atom. The van der Waals surface area contributed by atoms with Crippen molar-refractivity contribution in [1.29, 1.82) is 0 Å².